The SMILES string of the molecule is COc1ccc(Cl)cc1CC(=O)C1CC2CCCCC2N1. The maximum absolute atomic E-state index is 12.6. The van der Waals surface area contributed by atoms with E-state index in [1.807, 2.05) is 12.1 Å². The van der Waals surface area contributed by atoms with E-state index in [-0.39, 0.29) is 11.8 Å². The lowest BCUT2D eigenvalue weighted by Gasteiger charge is -2.24. The number of nitrogens with one attached hydrogen (secondary N) is 1. The third-order valence-electron chi connectivity index (χ3n) is 4.86. The predicted molar refractivity (Wildman–Crippen MR) is 84.0 cm³/mol. The maximum atomic E-state index is 12.6. The van der Waals surface area contributed by atoms with Crippen LogP contribution in [-0.4, -0.2) is 25.0 Å². The topological polar surface area (TPSA) is 38.3 Å². The Morgan fingerprint density at radius 3 is 2.95 bits per heavy atom. The largest absolute Gasteiger partial charge is 0.496 e. The van der Waals surface area contributed by atoms with Crippen LogP contribution in [0.5, 0.6) is 5.75 Å². The molecule has 1 saturated carbocycles. The number of methoxy groups -OCH3 is 1. The molecular weight excluding hydrogens is 286 g/mol. The van der Waals surface area contributed by atoms with Crippen LogP contribution in [0.3, 0.4) is 0 Å². The molecule has 0 spiro atoms. The number of benzene rings is 1. The standard InChI is InChI=1S/C17H22ClNO2/c1-21-17-7-6-13(18)8-12(17)10-16(20)15-9-11-4-2-3-5-14(11)19-15/h6-8,11,14-15,19H,2-5,9-10H2,1H3. The van der Waals surface area contributed by atoms with Crippen LogP contribution in [-0.2, 0) is 11.2 Å². The number of carbonyl (C=O) groups is 1. The summed E-state index contributed by atoms with van der Waals surface area (Å²) in [6, 6.07) is 6.00. The molecule has 2 fully saturated rings. The minimum atomic E-state index is 0.00166. The molecule has 1 aromatic carbocycles. The molecule has 0 amide bonds. The first-order chi connectivity index (χ1) is 10.2. The minimum absolute atomic E-state index is 0.00166. The second kappa shape index (κ2) is 6.37. The molecule has 1 N–H and O–H groups in total. The predicted octanol–water partition coefficient (Wildman–Crippen LogP) is 3.38. The highest BCUT2D eigenvalue weighted by Gasteiger charge is 2.37. The van der Waals surface area contributed by atoms with Crippen molar-refractivity contribution >= 4 is 17.4 Å². The molecule has 1 aliphatic heterocycles. The smallest absolute Gasteiger partial charge is 0.154 e. The second-order valence-electron chi connectivity index (χ2n) is 6.21. The van der Waals surface area contributed by atoms with Crippen molar-refractivity contribution in [2.45, 2.75) is 50.6 Å². The molecule has 0 aromatic heterocycles. The van der Waals surface area contributed by atoms with Crippen molar-refractivity contribution in [3.8, 4) is 5.75 Å². The van der Waals surface area contributed by atoms with Crippen molar-refractivity contribution in [3.63, 3.8) is 0 Å². The first-order valence-electron chi connectivity index (χ1n) is 7.78. The molecule has 21 heavy (non-hydrogen) atoms. The van der Waals surface area contributed by atoms with E-state index >= 15 is 0 Å². The molecule has 1 heterocycles. The number of carbonyl (C=O) groups excluding carboxylic acids is 1. The van der Waals surface area contributed by atoms with Crippen molar-refractivity contribution in [2.75, 3.05) is 7.11 Å². The Morgan fingerprint density at radius 1 is 1.38 bits per heavy atom. The Balaban J connectivity index is 1.68. The number of halogens is 1. The number of hydrogen-bond acceptors (Lipinski definition) is 3. The summed E-state index contributed by atoms with van der Waals surface area (Å²) in [4.78, 5) is 12.6. The quantitative estimate of drug-likeness (QED) is 0.926. The Hall–Kier alpha value is -1.06. The molecule has 1 saturated heterocycles. The minimum Gasteiger partial charge on any atom is -0.496 e. The first-order valence-corrected chi connectivity index (χ1v) is 8.16. The van der Waals surface area contributed by atoms with Crippen LogP contribution in [0.25, 0.3) is 0 Å². The van der Waals surface area contributed by atoms with Crippen LogP contribution in [0.1, 0.15) is 37.7 Å². The van der Waals surface area contributed by atoms with Crippen molar-refractivity contribution in [2.24, 2.45) is 5.92 Å². The Morgan fingerprint density at radius 2 is 2.19 bits per heavy atom. The highest BCUT2D eigenvalue weighted by molar-refractivity contribution is 6.30. The van der Waals surface area contributed by atoms with Gasteiger partial charge in [0.15, 0.2) is 5.78 Å². The molecule has 4 heteroatoms. The summed E-state index contributed by atoms with van der Waals surface area (Å²) >= 11 is 6.03. The third-order valence-corrected chi connectivity index (χ3v) is 5.09. The van der Waals surface area contributed by atoms with Gasteiger partial charge in [-0.1, -0.05) is 24.4 Å². The summed E-state index contributed by atoms with van der Waals surface area (Å²) in [5.41, 5.74) is 0.881. The van der Waals surface area contributed by atoms with Gasteiger partial charge in [-0.25, -0.2) is 0 Å². The van der Waals surface area contributed by atoms with Crippen LogP contribution in [0.15, 0.2) is 18.2 Å². The van der Waals surface area contributed by atoms with Crippen molar-refractivity contribution < 1.29 is 9.53 Å². The number of Topliss-reactive ketones (excluding diaryl/α,β-unsaturated/α-hetero) is 1. The Kier molecular flexibility index (Phi) is 4.51. The van der Waals surface area contributed by atoms with Gasteiger partial charge in [0.1, 0.15) is 5.75 Å². The summed E-state index contributed by atoms with van der Waals surface area (Å²) in [5, 5.41) is 4.19. The van der Waals surface area contributed by atoms with Gasteiger partial charge in [0.2, 0.25) is 0 Å². The van der Waals surface area contributed by atoms with Gasteiger partial charge in [-0.15, -0.1) is 0 Å². The fourth-order valence-electron chi connectivity index (χ4n) is 3.76. The normalized spacial score (nSPS) is 28.2. The van der Waals surface area contributed by atoms with Crippen LogP contribution in [0.4, 0.5) is 0 Å². The molecule has 1 aliphatic carbocycles. The van der Waals surface area contributed by atoms with Crippen LogP contribution in [0, 0.1) is 5.92 Å². The highest BCUT2D eigenvalue weighted by atomic mass is 35.5. The molecule has 0 bridgehead atoms. The molecular formula is C17H22ClNO2. The molecule has 114 valence electrons. The number of rotatable bonds is 4. The average molecular weight is 308 g/mol. The van der Waals surface area contributed by atoms with E-state index in [1.165, 1.54) is 25.7 Å². The van der Waals surface area contributed by atoms with Crippen molar-refractivity contribution in [1.82, 2.24) is 5.32 Å². The average Bonchev–Trinajstić information content (AvgIpc) is 2.91. The molecule has 2 aliphatic rings. The van der Waals surface area contributed by atoms with Gasteiger partial charge in [-0.3, -0.25) is 4.79 Å². The molecule has 3 unspecified atom stereocenters. The van der Waals surface area contributed by atoms with E-state index < -0.39 is 0 Å². The fraction of sp³-hybridized carbons (Fsp3) is 0.588. The number of ether oxygens (including phenoxy) is 1. The van der Waals surface area contributed by atoms with Crippen molar-refractivity contribution in [1.29, 1.82) is 0 Å². The van der Waals surface area contributed by atoms with Gasteiger partial charge < -0.3 is 10.1 Å². The fourth-order valence-corrected chi connectivity index (χ4v) is 3.95. The summed E-state index contributed by atoms with van der Waals surface area (Å²) in [6.45, 7) is 0. The molecule has 0 radical (unpaired) electrons. The number of ketones is 1. The monoisotopic (exact) mass is 307 g/mol. The lowest BCUT2D eigenvalue weighted by molar-refractivity contribution is -0.120. The maximum Gasteiger partial charge on any atom is 0.154 e. The summed E-state index contributed by atoms with van der Waals surface area (Å²) in [7, 11) is 1.62. The summed E-state index contributed by atoms with van der Waals surface area (Å²) in [5.74, 6) is 1.68. The van der Waals surface area contributed by atoms with Gasteiger partial charge >= 0.3 is 0 Å². The van der Waals surface area contributed by atoms with E-state index in [2.05, 4.69) is 5.32 Å². The van der Waals surface area contributed by atoms with Crippen molar-refractivity contribution in [3.05, 3.63) is 28.8 Å². The molecule has 3 atom stereocenters. The lowest BCUT2D eigenvalue weighted by Crippen LogP contribution is -2.37. The lowest BCUT2D eigenvalue weighted by atomic mass is 9.84. The van der Waals surface area contributed by atoms with Gasteiger partial charge in [0.25, 0.3) is 0 Å². The third kappa shape index (κ3) is 3.24. The van der Waals surface area contributed by atoms with E-state index in [1.54, 1.807) is 13.2 Å². The van der Waals surface area contributed by atoms with E-state index in [4.69, 9.17) is 16.3 Å². The van der Waals surface area contributed by atoms with Gasteiger partial charge in [0.05, 0.1) is 13.2 Å². The Labute approximate surface area is 131 Å². The zero-order valence-electron chi connectivity index (χ0n) is 12.4. The van der Waals surface area contributed by atoms with E-state index in [0.717, 1.165) is 17.7 Å². The first kappa shape index (κ1) is 14.9. The Bertz CT molecular complexity index is 518. The van der Waals surface area contributed by atoms with Crippen LogP contribution >= 0.6 is 11.6 Å². The highest BCUT2D eigenvalue weighted by Crippen LogP contribution is 2.34. The number of fused-ring (bicyclic) bond motifs is 1. The summed E-state index contributed by atoms with van der Waals surface area (Å²) < 4.78 is 5.33. The van der Waals surface area contributed by atoms with Gasteiger partial charge in [0, 0.05) is 23.0 Å². The second-order valence-corrected chi connectivity index (χ2v) is 6.64. The van der Waals surface area contributed by atoms with E-state index in [0.29, 0.717) is 23.4 Å². The van der Waals surface area contributed by atoms with Crippen LogP contribution < -0.4 is 10.1 Å². The van der Waals surface area contributed by atoms with Gasteiger partial charge in [-0.05, 0) is 43.4 Å². The summed E-state index contributed by atoms with van der Waals surface area (Å²) in [6.07, 6.45) is 6.47. The molecule has 1 aromatic rings. The van der Waals surface area contributed by atoms with E-state index in [9.17, 15) is 4.79 Å². The number of hydrogen-bond donors (Lipinski definition) is 1. The zero-order chi connectivity index (χ0) is 14.8. The van der Waals surface area contributed by atoms with Gasteiger partial charge in [-0.2, -0.15) is 0 Å². The zero-order valence-corrected chi connectivity index (χ0v) is 13.2. The molecule has 3 nitrogen and oxygen atoms in total. The molecule has 3 rings (SSSR count). The van der Waals surface area contributed by atoms with Crippen LogP contribution in [0.2, 0.25) is 5.02 Å².